The van der Waals surface area contributed by atoms with Gasteiger partial charge in [-0.05, 0) is 61.9 Å². The van der Waals surface area contributed by atoms with Crippen molar-refractivity contribution in [3.8, 4) is 0 Å². The SMILES string of the molecule is CCN1c2ccc(/C=C3/SC(=S)N(CCCCCCCCCCCC(=O)O)C3=O)cc2C2CCCC21. The minimum atomic E-state index is -0.694. The summed E-state index contributed by atoms with van der Waals surface area (Å²) in [6.45, 7) is 4.01. The number of fused-ring (bicyclic) bond motifs is 3. The Hall–Kier alpha value is -1.86. The predicted molar refractivity (Wildman–Crippen MR) is 154 cm³/mol. The highest BCUT2D eigenvalue weighted by Crippen LogP contribution is 2.49. The third kappa shape index (κ3) is 6.52. The van der Waals surface area contributed by atoms with E-state index in [0.29, 0.717) is 22.8 Å². The fourth-order valence-electron chi connectivity index (χ4n) is 6.11. The summed E-state index contributed by atoms with van der Waals surface area (Å²) in [5.74, 6) is 0.00112. The number of aliphatic carboxylic acids is 1. The number of nitrogens with zero attached hydrogens (tertiary/aromatic N) is 2. The summed E-state index contributed by atoms with van der Waals surface area (Å²) in [6, 6.07) is 7.37. The lowest BCUT2D eigenvalue weighted by Gasteiger charge is -2.25. The zero-order valence-corrected chi connectivity index (χ0v) is 23.2. The van der Waals surface area contributed by atoms with Crippen LogP contribution < -0.4 is 4.90 Å². The van der Waals surface area contributed by atoms with E-state index < -0.39 is 5.97 Å². The van der Waals surface area contributed by atoms with Gasteiger partial charge in [0.25, 0.3) is 5.91 Å². The Kier molecular flexibility index (Phi) is 9.88. The third-order valence-electron chi connectivity index (χ3n) is 7.92. The number of carboxylic acids is 1. The molecule has 1 aromatic carbocycles. The average Bonchev–Trinajstić information content (AvgIpc) is 3.51. The molecule has 1 aliphatic carbocycles. The van der Waals surface area contributed by atoms with Crippen molar-refractivity contribution < 1.29 is 14.7 Å². The number of carbonyl (C=O) groups is 2. The number of thioether (sulfide) groups is 1. The third-order valence-corrected chi connectivity index (χ3v) is 9.30. The summed E-state index contributed by atoms with van der Waals surface area (Å²) in [4.78, 5) is 28.7. The maximum atomic E-state index is 13.1. The number of benzene rings is 1. The Labute approximate surface area is 225 Å². The van der Waals surface area contributed by atoms with E-state index in [1.807, 2.05) is 6.08 Å². The zero-order valence-electron chi connectivity index (χ0n) is 21.5. The van der Waals surface area contributed by atoms with E-state index in [1.54, 1.807) is 4.90 Å². The number of amides is 1. The number of thiocarbonyl (C=S) groups is 1. The second kappa shape index (κ2) is 13.1. The maximum absolute atomic E-state index is 13.1. The summed E-state index contributed by atoms with van der Waals surface area (Å²) < 4.78 is 0.682. The van der Waals surface area contributed by atoms with E-state index in [9.17, 15) is 9.59 Å². The molecular weight excluding hydrogens is 488 g/mol. The van der Waals surface area contributed by atoms with Gasteiger partial charge in [-0.15, -0.1) is 0 Å². The lowest BCUT2D eigenvalue weighted by atomic mass is 9.96. The van der Waals surface area contributed by atoms with Crippen LogP contribution in [-0.4, -0.2) is 45.3 Å². The molecule has 2 atom stereocenters. The first-order valence-corrected chi connectivity index (χ1v) is 15.1. The van der Waals surface area contributed by atoms with Gasteiger partial charge in [-0.3, -0.25) is 14.5 Å². The van der Waals surface area contributed by atoms with Crippen molar-refractivity contribution in [3.63, 3.8) is 0 Å². The molecule has 1 saturated carbocycles. The highest BCUT2D eigenvalue weighted by Gasteiger charge is 2.40. The van der Waals surface area contributed by atoms with E-state index in [4.69, 9.17) is 17.3 Å². The molecule has 5 nitrogen and oxygen atoms in total. The summed E-state index contributed by atoms with van der Waals surface area (Å²) in [5, 5.41) is 8.66. The minimum absolute atomic E-state index is 0.0563. The van der Waals surface area contributed by atoms with E-state index in [-0.39, 0.29) is 12.3 Å². The van der Waals surface area contributed by atoms with Gasteiger partial charge >= 0.3 is 5.97 Å². The Bertz CT molecular complexity index is 993. The average molecular weight is 529 g/mol. The first-order chi connectivity index (χ1) is 17.5. The van der Waals surface area contributed by atoms with Crippen LogP contribution in [0.3, 0.4) is 0 Å². The molecule has 1 saturated heterocycles. The van der Waals surface area contributed by atoms with Crippen LogP contribution in [0.25, 0.3) is 6.08 Å². The normalized spacial score (nSPS) is 22.1. The summed E-state index contributed by atoms with van der Waals surface area (Å²) in [5.41, 5.74) is 3.96. The molecule has 2 heterocycles. The molecule has 1 N–H and O–H groups in total. The molecule has 4 rings (SSSR count). The van der Waals surface area contributed by atoms with Crippen molar-refractivity contribution in [1.29, 1.82) is 0 Å². The molecule has 2 unspecified atom stereocenters. The Morgan fingerprint density at radius 2 is 1.78 bits per heavy atom. The molecule has 2 aliphatic heterocycles. The first kappa shape index (κ1) is 27.2. The van der Waals surface area contributed by atoms with Crippen LogP contribution in [0.2, 0.25) is 0 Å². The first-order valence-electron chi connectivity index (χ1n) is 13.9. The van der Waals surface area contributed by atoms with Crippen LogP contribution in [0.4, 0.5) is 5.69 Å². The monoisotopic (exact) mass is 528 g/mol. The van der Waals surface area contributed by atoms with Crippen LogP contribution >= 0.6 is 24.0 Å². The summed E-state index contributed by atoms with van der Waals surface area (Å²) >= 11 is 6.99. The van der Waals surface area contributed by atoms with Crippen molar-refractivity contribution in [3.05, 3.63) is 34.2 Å². The van der Waals surface area contributed by atoms with Gasteiger partial charge in [0.1, 0.15) is 4.32 Å². The summed E-state index contributed by atoms with van der Waals surface area (Å²) in [7, 11) is 0. The smallest absolute Gasteiger partial charge is 0.303 e. The van der Waals surface area contributed by atoms with Crippen molar-refractivity contribution in [2.75, 3.05) is 18.0 Å². The van der Waals surface area contributed by atoms with Crippen LogP contribution in [0.15, 0.2) is 23.1 Å². The Morgan fingerprint density at radius 3 is 2.47 bits per heavy atom. The standard InChI is InChI=1S/C29H40N2O3S2/c1-2-30-24-14-12-13-22(24)23-19-21(16-17-25(23)30)20-26-28(34)31(29(35)36-26)18-11-9-7-5-3-4-6-8-10-15-27(32)33/h16-17,19-20,22,24H,2-15,18H2,1H3,(H,32,33)/b26-20+. The van der Waals surface area contributed by atoms with Gasteiger partial charge in [-0.25, -0.2) is 0 Å². The number of hydrogen-bond acceptors (Lipinski definition) is 5. The number of rotatable bonds is 14. The fourth-order valence-corrected chi connectivity index (χ4v) is 7.42. The lowest BCUT2D eigenvalue weighted by molar-refractivity contribution is -0.137. The largest absolute Gasteiger partial charge is 0.481 e. The molecule has 36 heavy (non-hydrogen) atoms. The van der Waals surface area contributed by atoms with Crippen LogP contribution in [-0.2, 0) is 9.59 Å². The molecule has 0 bridgehead atoms. The van der Waals surface area contributed by atoms with Gasteiger partial charge in [0.05, 0.1) is 4.91 Å². The number of carbonyl (C=O) groups excluding carboxylic acids is 1. The fraction of sp³-hybridized carbons (Fsp3) is 0.621. The second-order valence-electron chi connectivity index (χ2n) is 10.4. The number of carboxylic acid groups (broad SMARTS) is 1. The summed E-state index contributed by atoms with van der Waals surface area (Å²) in [6.07, 6.45) is 16.0. The van der Waals surface area contributed by atoms with Crippen molar-refractivity contribution in [2.24, 2.45) is 0 Å². The van der Waals surface area contributed by atoms with Crippen molar-refractivity contribution in [2.45, 2.75) is 102 Å². The molecule has 1 aromatic rings. The van der Waals surface area contributed by atoms with E-state index in [0.717, 1.165) is 49.1 Å². The predicted octanol–water partition coefficient (Wildman–Crippen LogP) is 7.35. The molecule has 196 valence electrons. The highest BCUT2D eigenvalue weighted by atomic mass is 32.2. The van der Waals surface area contributed by atoms with E-state index in [1.165, 1.54) is 68.0 Å². The van der Waals surface area contributed by atoms with Gasteiger partial charge in [-0.1, -0.05) is 81.4 Å². The maximum Gasteiger partial charge on any atom is 0.303 e. The second-order valence-corrected chi connectivity index (χ2v) is 12.0. The number of unbranched alkanes of at least 4 members (excludes halogenated alkanes) is 8. The van der Waals surface area contributed by atoms with Gasteiger partial charge in [0.15, 0.2) is 0 Å². The number of anilines is 1. The van der Waals surface area contributed by atoms with Gasteiger partial charge in [-0.2, -0.15) is 0 Å². The molecule has 1 amide bonds. The molecule has 3 aliphatic rings. The van der Waals surface area contributed by atoms with Gasteiger partial charge in [0, 0.05) is 37.2 Å². The van der Waals surface area contributed by atoms with Crippen molar-refractivity contribution >= 4 is 51.9 Å². The van der Waals surface area contributed by atoms with Crippen LogP contribution in [0, 0.1) is 0 Å². The quantitative estimate of drug-likeness (QED) is 0.155. The van der Waals surface area contributed by atoms with Gasteiger partial charge < -0.3 is 10.0 Å². The Balaban J connectivity index is 1.20. The number of hydrogen-bond donors (Lipinski definition) is 1. The van der Waals surface area contributed by atoms with E-state index >= 15 is 0 Å². The number of likely N-dealkylation sites (N-methyl/N-ethyl adjacent to an activating group) is 1. The highest BCUT2D eigenvalue weighted by molar-refractivity contribution is 8.26. The van der Waals surface area contributed by atoms with Crippen molar-refractivity contribution in [1.82, 2.24) is 4.90 Å². The van der Waals surface area contributed by atoms with Crippen LogP contribution in [0.1, 0.15) is 107 Å². The molecule has 7 heteroatoms. The van der Waals surface area contributed by atoms with E-state index in [2.05, 4.69) is 30.0 Å². The van der Waals surface area contributed by atoms with Gasteiger partial charge in [0.2, 0.25) is 0 Å². The minimum Gasteiger partial charge on any atom is -0.481 e. The molecular formula is C29H40N2O3S2. The zero-order chi connectivity index (χ0) is 25.5. The molecule has 0 radical (unpaired) electrons. The van der Waals surface area contributed by atoms with Crippen LogP contribution in [0.5, 0.6) is 0 Å². The topological polar surface area (TPSA) is 60.9 Å². The Morgan fingerprint density at radius 1 is 1.08 bits per heavy atom. The lowest BCUT2D eigenvalue weighted by Crippen LogP contribution is -2.30. The molecule has 0 aromatic heterocycles. The molecule has 2 fully saturated rings. The molecule has 0 spiro atoms.